The molecule has 5 heteroatoms. The molecule has 1 N–H and O–H groups in total. The number of alkyl halides is 3. The first-order valence-electron chi connectivity index (χ1n) is 3.14. The van der Waals surface area contributed by atoms with E-state index in [1.54, 1.807) is 6.92 Å². The van der Waals surface area contributed by atoms with Gasteiger partial charge >= 0.3 is 5.97 Å². The summed E-state index contributed by atoms with van der Waals surface area (Å²) in [4.78, 5) is 10.2. The molecule has 0 aliphatic rings. The van der Waals surface area contributed by atoms with Crippen molar-refractivity contribution in [1.29, 1.82) is 0 Å². The number of rotatable bonds is 4. The van der Waals surface area contributed by atoms with Gasteiger partial charge in [-0.25, -0.2) is 0 Å². The van der Waals surface area contributed by atoms with Crippen molar-refractivity contribution in [2.24, 2.45) is 0 Å². The molecule has 1 unspecified atom stereocenters. The molecular weight excluding hydrogens is 210 g/mol. The van der Waals surface area contributed by atoms with Crippen molar-refractivity contribution in [3.63, 3.8) is 0 Å². The summed E-state index contributed by atoms with van der Waals surface area (Å²) in [5.41, 5.74) is 0. The summed E-state index contributed by atoms with van der Waals surface area (Å²) in [5.74, 6) is -0.996. The van der Waals surface area contributed by atoms with Gasteiger partial charge in [0.2, 0.25) is 0 Å². The normalized spacial score (nSPS) is 14.5. The second-order valence-corrected chi connectivity index (χ2v) is 4.25. The quantitative estimate of drug-likeness (QED) is 0.738. The van der Waals surface area contributed by atoms with Crippen LogP contribution in [0.5, 0.6) is 0 Å². The van der Waals surface area contributed by atoms with E-state index in [2.05, 4.69) is 0 Å². The van der Waals surface area contributed by atoms with E-state index in [1.165, 1.54) is 0 Å². The van der Waals surface area contributed by atoms with Gasteiger partial charge in [0.1, 0.15) is 4.33 Å². The van der Waals surface area contributed by atoms with Crippen LogP contribution in [-0.2, 0) is 4.79 Å². The van der Waals surface area contributed by atoms with Crippen LogP contribution in [0.4, 0.5) is 0 Å². The molecule has 0 spiro atoms. The van der Waals surface area contributed by atoms with Gasteiger partial charge in [0.25, 0.3) is 0 Å². The Bertz CT molecular complexity index is 147. The fraction of sp³-hybridized carbons (Fsp3) is 0.833. The molecule has 0 bridgehead atoms. The van der Waals surface area contributed by atoms with E-state index < -0.39 is 15.7 Å². The van der Waals surface area contributed by atoms with Gasteiger partial charge in [0, 0.05) is 0 Å². The lowest BCUT2D eigenvalue weighted by Crippen LogP contribution is -2.27. The summed E-state index contributed by atoms with van der Waals surface area (Å²) >= 11 is 17.0. The number of carbonyl (C=O) groups is 1. The van der Waals surface area contributed by atoms with Crippen LogP contribution in [-0.4, -0.2) is 20.8 Å². The highest BCUT2D eigenvalue weighted by Gasteiger charge is 2.32. The largest absolute Gasteiger partial charge is 0.481 e. The molecule has 2 nitrogen and oxygen atoms in total. The minimum Gasteiger partial charge on any atom is -0.481 e. The Balaban J connectivity index is 4.01. The zero-order chi connectivity index (χ0) is 9.07. The average Bonchev–Trinajstić information content (AvgIpc) is 1.86. The Labute approximate surface area is 80.4 Å². The Morgan fingerprint density at radius 3 is 2.36 bits per heavy atom. The van der Waals surface area contributed by atoms with E-state index in [4.69, 9.17) is 39.9 Å². The van der Waals surface area contributed by atoms with Gasteiger partial charge in [-0.2, -0.15) is 0 Å². The van der Waals surface area contributed by atoms with Crippen molar-refractivity contribution in [2.45, 2.75) is 29.5 Å². The highest BCUT2D eigenvalue weighted by molar-refractivity contribution is 6.52. The predicted molar refractivity (Wildman–Crippen MR) is 46.6 cm³/mol. The van der Waals surface area contributed by atoms with Crippen molar-refractivity contribution in [3.8, 4) is 0 Å². The van der Waals surface area contributed by atoms with Crippen LogP contribution in [0.2, 0.25) is 0 Å². The second kappa shape index (κ2) is 4.39. The maximum absolute atomic E-state index is 10.2. The third-order valence-corrected chi connectivity index (χ3v) is 3.10. The molecule has 11 heavy (non-hydrogen) atoms. The number of carboxylic acids is 1. The number of halogens is 3. The van der Waals surface area contributed by atoms with Gasteiger partial charge in [0.05, 0.1) is 11.8 Å². The first-order valence-corrected chi connectivity index (χ1v) is 4.33. The van der Waals surface area contributed by atoms with E-state index in [-0.39, 0.29) is 6.42 Å². The molecule has 66 valence electrons. The first kappa shape index (κ1) is 11.3. The lowest BCUT2D eigenvalue weighted by Gasteiger charge is -2.21. The lowest BCUT2D eigenvalue weighted by molar-refractivity contribution is -0.137. The van der Waals surface area contributed by atoms with Crippen LogP contribution in [0.1, 0.15) is 19.8 Å². The lowest BCUT2D eigenvalue weighted by atomic mass is 10.2. The van der Waals surface area contributed by atoms with E-state index in [0.717, 1.165) is 0 Å². The third kappa shape index (κ3) is 4.04. The smallest absolute Gasteiger partial charge is 0.304 e. The monoisotopic (exact) mass is 218 g/mol. The fourth-order valence-corrected chi connectivity index (χ4v) is 0.965. The van der Waals surface area contributed by atoms with Crippen molar-refractivity contribution >= 4 is 40.8 Å². The van der Waals surface area contributed by atoms with E-state index >= 15 is 0 Å². The van der Waals surface area contributed by atoms with E-state index in [1.807, 2.05) is 0 Å². The van der Waals surface area contributed by atoms with Gasteiger partial charge < -0.3 is 5.11 Å². The number of hydrogen-bond acceptors (Lipinski definition) is 1. The van der Waals surface area contributed by atoms with Crippen LogP contribution in [0, 0.1) is 0 Å². The van der Waals surface area contributed by atoms with Gasteiger partial charge in [-0.15, -0.1) is 34.8 Å². The highest BCUT2D eigenvalue weighted by Crippen LogP contribution is 2.34. The molecule has 0 saturated carbocycles. The Morgan fingerprint density at radius 2 is 2.09 bits per heavy atom. The molecule has 0 aromatic heterocycles. The fourth-order valence-electron chi connectivity index (χ4n) is 0.524. The third-order valence-electron chi connectivity index (χ3n) is 1.28. The molecule has 0 radical (unpaired) electrons. The van der Waals surface area contributed by atoms with Crippen LogP contribution in [0.15, 0.2) is 0 Å². The second-order valence-electron chi connectivity index (χ2n) is 2.18. The van der Waals surface area contributed by atoms with Gasteiger partial charge in [-0.05, 0) is 6.42 Å². The van der Waals surface area contributed by atoms with E-state index in [0.29, 0.717) is 6.42 Å². The maximum Gasteiger partial charge on any atom is 0.304 e. The standard InChI is InChI=1S/C6H9Cl3O2/c1-2-6(8,9)4(7)3-5(10)11/h4H,2-3H2,1H3,(H,10,11). The van der Waals surface area contributed by atoms with Crippen molar-refractivity contribution in [1.82, 2.24) is 0 Å². The molecule has 0 amide bonds. The zero-order valence-electron chi connectivity index (χ0n) is 5.98. The molecule has 0 aliphatic heterocycles. The SMILES string of the molecule is CCC(Cl)(Cl)C(Cl)CC(=O)O. The number of hydrogen-bond donors (Lipinski definition) is 1. The molecule has 0 rings (SSSR count). The van der Waals surface area contributed by atoms with Gasteiger partial charge in [-0.3, -0.25) is 4.79 Å². The number of aliphatic carboxylic acids is 1. The summed E-state index contributed by atoms with van der Waals surface area (Å²) in [6.07, 6.45) is 0.208. The molecule has 0 aliphatic carbocycles. The average molecular weight is 219 g/mol. The van der Waals surface area contributed by atoms with Crippen molar-refractivity contribution < 1.29 is 9.90 Å². The Hall–Kier alpha value is 0.340. The van der Waals surface area contributed by atoms with Gasteiger partial charge in [0.15, 0.2) is 0 Å². The van der Waals surface area contributed by atoms with Crippen LogP contribution < -0.4 is 0 Å². The molecule has 0 fully saturated rings. The summed E-state index contributed by atoms with van der Waals surface area (Å²) in [5, 5.41) is 7.60. The molecule has 0 heterocycles. The molecule has 0 aromatic carbocycles. The summed E-state index contributed by atoms with van der Waals surface area (Å²) in [6, 6.07) is 0. The topological polar surface area (TPSA) is 37.3 Å². The maximum atomic E-state index is 10.2. The molecular formula is C6H9Cl3O2. The minimum atomic E-state index is -1.14. The van der Waals surface area contributed by atoms with Gasteiger partial charge in [-0.1, -0.05) is 6.92 Å². The molecule has 0 aromatic rings. The first-order chi connectivity index (χ1) is 4.90. The Kier molecular flexibility index (Phi) is 4.52. The molecule has 1 atom stereocenters. The zero-order valence-corrected chi connectivity index (χ0v) is 8.25. The van der Waals surface area contributed by atoms with Crippen molar-refractivity contribution in [3.05, 3.63) is 0 Å². The van der Waals surface area contributed by atoms with E-state index in [9.17, 15) is 4.79 Å². The van der Waals surface area contributed by atoms with Crippen molar-refractivity contribution in [2.75, 3.05) is 0 Å². The minimum absolute atomic E-state index is 0.220. The summed E-state index contributed by atoms with van der Waals surface area (Å²) in [6.45, 7) is 1.75. The van der Waals surface area contributed by atoms with Crippen LogP contribution >= 0.6 is 34.8 Å². The van der Waals surface area contributed by atoms with Crippen LogP contribution in [0.25, 0.3) is 0 Å². The summed E-state index contributed by atoms with van der Waals surface area (Å²) < 4.78 is -1.14. The summed E-state index contributed by atoms with van der Waals surface area (Å²) in [7, 11) is 0. The predicted octanol–water partition coefficient (Wildman–Crippen LogP) is 2.65. The van der Waals surface area contributed by atoms with Crippen LogP contribution in [0.3, 0.4) is 0 Å². The Morgan fingerprint density at radius 1 is 1.64 bits per heavy atom. The highest BCUT2D eigenvalue weighted by atomic mass is 35.5. The number of carboxylic acid groups (broad SMARTS) is 1. The molecule has 0 saturated heterocycles.